The summed E-state index contributed by atoms with van der Waals surface area (Å²) in [4.78, 5) is 23.1. The van der Waals surface area contributed by atoms with Gasteiger partial charge in [0, 0.05) is 6.54 Å². The van der Waals surface area contributed by atoms with Gasteiger partial charge in [-0.15, -0.1) is 0 Å². The Hall–Kier alpha value is -1.10. The third-order valence-corrected chi connectivity index (χ3v) is 2.04. The molecule has 1 rings (SSSR count). The fraction of sp³-hybridized carbons (Fsp3) is 0.714. The number of likely N-dealkylation sites (tertiary alicyclic amines) is 1. The van der Waals surface area contributed by atoms with Crippen molar-refractivity contribution >= 4 is 11.8 Å². The summed E-state index contributed by atoms with van der Waals surface area (Å²) in [6, 6.07) is -0.510. The van der Waals surface area contributed by atoms with Gasteiger partial charge in [0.05, 0.1) is 0 Å². The molecule has 0 aromatic rings. The Balaban J connectivity index is 2.63. The van der Waals surface area contributed by atoms with Crippen molar-refractivity contribution in [1.82, 2.24) is 4.90 Å². The first kappa shape index (κ1) is 8.99. The van der Waals surface area contributed by atoms with Crippen LogP contribution in [-0.2, 0) is 9.59 Å². The van der Waals surface area contributed by atoms with Crippen LogP contribution in [0.2, 0.25) is 0 Å². The molecule has 0 aromatic carbocycles. The van der Waals surface area contributed by atoms with Crippen LogP contribution in [-0.4, -0.2) is 41.0 Å². The van der Waals surface area contributed by atoms with Crippen molar-refractivity contribution in [2.24, 2.45) is 5.73 Å². The number of aliphatic hydroxyl groups excluding tert-OH is 1. The van der Waals surface area contributed by atoms with Crippen LogP contribution in [0.4, 0.5) is 0 Å². The van der Waals surface area contributed by atoms with Crippen LogP contribution in [0.25, 0.3) is 0 Å². The van der Waals surface area contributed by atoms with Gasteiger partial charge >= 0.3 is 0 Å². The van der Waals surface area contributed by atoms with Crippen LogP contribution in [0.5, 0.6) is 0 Å². The Morgan fingerprint density at radius 1 is 1.58 bits per heavy atom. The first-order valence-electron chi connectivity index (χ1n) is 3.86. The topological polar surface area (TPSA) is 83.6 Å². The summed E-state index contributed by atoms with van der Waals surface area (Å²) in [5.74, 6) is -0.911. The van der Waals surface area contributed by atoms with Gasteiger partial charge < -0.3 is 15.7 Å². The molecule has 3 N–H and O–H groups in total. The highest BCUT2D eigenvalue weighted by Gasteiger charge is 2.31. The lowest BCUT2D eigenvalue weighted by molar-refractivity contribution is -0.139. The number of aliphatic hydroxyl groups is 1. The van der Waals surface area contributed by atoms with Gasteiger partial charge in [-0.2, -0.15) is 0 Å². The number of hydrogen-bond donors (Lipinski definition) is 2. The number of carbonyl (C=O) groups is 2. The van der Waals surface area contributed by atoms with E-state index in [0.29, 0.717) is 13.0 Å². The third kappa shape index (κ3) is 1.55. The van der Waals surface area contributed by atoms with Crippen LogP contribution >= 0.6 is 0 Å². The van der Waals surface area contributed by atoms with E-state index in [9.17, 15) is 9.59 Å². The fourth-order valence-corrected chi connectivity index (χ4v) is 1.45. The normalized spacial score (nSPS) is 22.8. The summed E-state index contributed by atoms with van der Waals surface area (Å²) < 4.78 is 0. The lowest BCUT2D eigenvalue weighted by Crippen LogP contribution is -2.44. The zero-order valence-corrected chi connectivity index (χ0v) is 6.69. The van der Waals surface area contributed by atoms with E-state index in [0.717, 1.165) is 6.42 Å². The second-order valence-corrected chi connectivity index (χ2v) is 2.81. The molecule has 2 amide bonds. The van der Waals surface area contributed by atoms with Crippen LogP contribution < -0.4 is 5.73 Å². The average Bonchev–Trinajstić information content (AvgIpc) is 2.50. The van der Waals surface area contributed by atoms with Crippen LogP contribution in [0.3, 0.4) is 0 Å². The number of nitrogens with two attached hydrogens (primary N) is 1. The smallest absolute Gasteiger partial charge is 0.248 e. The highest BCUT2D eigenvalue weighted by Crippen LogP contribution is 2.16. The van der Waals surface area contributed by atoms with Gasteiger partial charge in [0.1, 0.15) is 12.6 Å². The quantitative estimate of drug-likeness (QED) is 0.529. The van der Waals surface area contributed by atoms with Gasteiger partial charge in [0.25, 0.3) is 0 Å². The molecule has 0 aliphatic carbocycles. The SMILES string of the molecule is NC(=O)C1CCCN1C(=O)CO. The maximum absolute atomic E-state index is 11.0. The number of primary amides is 1. The lowest BCUT2D eigenvalue weighted by Gasteiger charge is -2.20. The van der Waals surface area contributed by atoms with Gasteiger partial charge in [-0.1, -0.05) is 0 Å². The zero-order valence-electron chi connectivity index (χ0n) is 6.69. The molecular weight excluding hydrogens is 160 g/mol. The zero-order chi connectivity index (χ0) is 9.14. The van der Waals surface area contributed by atoms with E-state index in [1.165, 1.54) is 4.90 Å². The van der Waals surface area contributed by atoms with E-state index in [-0.39, 0.29) is 0 Å². The van der Waals surface area contributed by atoms with Gasteiger partial charge in [0.2, 0.25) is 11.8 Å². The molecule has 5 nitrogen and oxygen atoms in total. The van der Waals surface area contributed by atoms with E-state index in [4.69, 9.17) is 10.8 Å². The highest BCUT2D eigenvalue weighted by molar-refractivity contribution is 5.87. The summed E-state index contributed by atoms with van der Waals surface area (Å²) >= 11 is 0. The van der Waals surface area contributed by atoms with Crippen molar-refractivity contribution in [3.8, 4) is 0 Å². The molecule has 1 saturated heterocycles. The number of carbonyl (C=O) groups excluding carboxylic acids is 2. The summed E-state index contributed by atoms with van der Waals surface area (Å²) in [7, 11) is 0. The van der Waals surface area contributed by atoms with Crippen LogP contribution in [0, 0.1) is 0 Å². The Morgan fingerprint density at radius 2 is 2.25 bits per heavy atom. The fourth-order valence-electron chi connectivity index (χ4n) is 1.45. The largest absolute Gasteiger partial charge is 0.387 e. The minimum absolute atomic E-state index is 0.420. The molecule has 1 unspecified atom stereocenters. The highest BCUT2D eigenvalue weighted by atomic mass is 16.3. The van der Waals surface area contributed by atoms with Crippen molar-refractivity contribution in [3.05, 3.63) is 0 Å². The molecular formula is C7H12N2O3. The summed E-state index contributed by atoms with van der Waals surface area (Å²) in [6.07, 6.45) is 1.39. The van der Waals surface area contributed by atoms with Crippen molar-refractivity contribution in [3.63, 3.8) is 0 Å². The van der Waals surface area contributed by atoms with E-state index in [1.54, 1.807) is 0 Å². The maximum atomic E-state index is 11.0. The van der Waals surface area contributed by atoms with Gasteiger partial charge in [0.15, 0.2) is 0 Å². The van der Waals surface area contributed by atoms with Crippen molar-refractivity contribution in [2.45, 2.75) is 18.9 Å². The Bertz CT molecular complexity index is 205. The number of rotatable bonds is 2. The van der Waals surface area contributed by atoms with E-state index >= 15 is 0 Å². The van der Waals surface area contributed by atoms with Gasteiger partial charge in [-0.25, -0.2) is 0 Å². The number of amides is 2. The average molecular weight is 172 g/mol. The monoisotopic (exact) mass is 172 g/mol. The Labute approximate surface area is 70.1 Å². The lowest BCUT2D eigenvalue weighted by atomic mass is 10.2. The molecule has 1 aliphatic rings. The van der Waals surface area contributed by atoms with E-state index in [1.807, 2.05) is 0 Å². The second kappa shape index (κ2) is 3.53. The minimum Gasteiger partial charge on any atom is -0.387 e. The van der Waals surface area contributed by atoms with Gasteiger partial charge in [-0.3, -0.25) is 9.59 Å². The Morgan fingerprint density at radius 3 is 2.75 bits per heavy atom. The predicted octanol–water partition coefficient (Wildman–Crippen LogP) is -1.54. The molecule has 1 aliphatic heterocycles. The Kier molecular flexibility index (Phi) is 2.65. The molecule has 0 saturated carbocycles. The van der Waals surface area contributed by atoms with E-state index < -0.39 is 24.5 Å². The molecule has 0 bridgehead atoms. The molecule has 5 heteroatoms. The van der Waals surface area contributed by atoms with Crippen molar-refractivity contribution in [2.75, 3.05) is 13.2 Å². The molecule has 1 heterocycles. The number of hydrogen-bond acceptors (Lipinski definition) is 3. The van der Waals surface area contributed by atoms with E-state index in [2.05, 4.69) is 0 Å². The first-order chi connectivity index (χ1) is 5.66. The first-order valence-corrected chi connectivity index (χ1v) is 3.86. The molecule has 0 radical (unpaired) electrons. The summed E-state index contributed by atoms with van der Waals surface area (Å²) in [5, 5.41) is 8.55. The summed E-state index contributed by atoms with van der Waals surface area (Å²) in [5.41, 5.74) is 5.07. The number of nitrogens with zero attached hydrogens (tertiary/aromatic N) is 1. The minimum atomic E-state index is -0.552. The molecule has 1 fully saturated rings. The summed E-state index contributed by atoms with van der Waals surface area (Å²) in [6.45, 7) is -0.0310. The molecule has 0 aromatic heterocycles. The van der Waals surface area contributed by atoms with Crippen molar-refractivity contribution < 1.29 is 14.7 Å². The third-order valence-electron chi connectivity index (χ3n) is 2.04. The van der Waals surface area contributed by atoms with Crippen molar-refractivity contribution in [1.29, 1.82) is 0 Å². The van der Waals surface area contributed by atoms with Crippen LogP contribution in [0.1, 0.15) is 12.8 Å². The molecule has 68 valence electrons. The second-order valence-electron chi connectivity index (χ2n) is 2.81. The maximum Gasteiger partial charge on any atom is 0.248 e. The predicted molar refractivity (Wildman–Crippen MR) is 41.0 cm³/mol. The van der Waals surface area contributed by atoms with Gasteiger partial charge in [-0.05, 0) is 12.8 Å². The molecule has 12 heavy (non-hydrogen) atoms. The standard InChI is InChI=1S/C7H12N2O3/c8-7(12)5-2-1-3-9(5)6(11)4-10/h5,10H,1-4H2,(H2,8,12). The molecule has 1 atom stereocenters. The molecule has 0 spiro atoms. The van der Waals surface area contributed by atoms with Crippen LogP contribution in [0.15, 0.2) is 0 Å².